The van der Waals surface area contributed by atoms with Gasteiger partial charge >= 0.3 is 0 Å². The maximum Gasteiger partial charge on any atom is 0.221 e. The minimum absolute atomic E-state index is 0.537. The van der Waals surface area contributed by atoms with Gasteiger partial charge in [0.05, 0.1) is 0 Å². The van der Waals surface area contributed by atoms with Gasteiger partial charge in [-0.1, -0.05) is 12.1 Å². The van der Waals surface area contributed by atoms with Crippen LogP contribution >= 0.6 is 0 Å². The van der Waals surface area contributed by atoms with Crippen molar-refractivity contribution in [1.82, 2.24) is 4.98 Å². The highest BCUT2D eigenvalue weighted by molar-refractivity contribution is 5.50. The van der Waals surface area contributed by atoms with E-state index >= 15 is 0 Å². The average Bonchev–Trinajstić information content (AvgIpc) is 2.34. The molecule has 0 atom stereocenters. The zero-order valence-corrected chi connectivity index (χ0v) is 11.2. The van der Waals surface area contributed by atoms with Crippen LogP contribution in [0.25, 0.3) is 0 Å². The standard InChI is InChI=1S/C15H18N2O/c1-9-5-6-10(2)15(12(9)4)18-14-7-13(16)11(3)8-17-14/h5-8H,1-4H3,(H2,16,17). The molecule has 0 radical (unpaired) electrons. The molecule has 0 spiro atoms. The second-order valence-corrected chi connectivity index (χ2v) is 4.63. The molecule has 0 unspecified atom stereocenters. The number of hydrogen-bond acceptors (Lipinski definition) is 3. The van der Waals surface area contributed by atoms with Crippen LogP contribution in [-0.2, 0) is 0 Å². The van der Waals surface area contributed by atoms with Crippen LogP contribution in [0.5, 0.6) is 11.6 Å². The maximum absolute atomic E-state index is 5.87. The molecule has 0 saturated carbocycles. The van der Waals surface area contributed by atoms with Crippen LogP contribution in [0.15, 0.2) is 24.4 Å². The van der Waals surface area contributed by atoms with Gasteiger partial charge in [0.25, 0.3) is 0 Å². The Kier molecular flexibility index (Phi) is 3.24. The van der Waals surface area contributed by atoms with Crippen LogP contribution < -0.4 is 10.5 Å². The predicted molar refractivity (Wildman–Crippen MR) is 74.1 cm³/mol. The first-order valence-corrected chi connectivity index (χ1v) is 5.96. The van der Waals surface area contributed by atoms with Crippen LogP contribution in [-0.4, -0.2) is 4.98 Å². The lowest BCUT2D eigenvalue weighted by molar-refractivity contribution is 0.455. The third-order valence-corrected chi connectivity index (χ3v) is 3.20. The number of rotatable bonds is 2. The van der Waals surface area contributed by atoms with E-state index in [2.05, 4.69) is 31.0 Å². The zero-order chi connectivity index (χ0) is 13.3. The Labute approximate surface area is 108 Å². The summed E-state index contributed by atoms with van der Waals surface area (Å²) < 4.78 is 5.87. The smallest absolute Gasteiger partial charge is 0.221 e. The van der Waals surface area contributed by atoms with E-state index in [9.17, 15) is 0 Å². The summed E-state index contributed by atoms with van der Waals surface area (Å²) in [6.45, 7) is 8.07. The van der Waals surface area contributed by atoms with Crippen LogP contribution in [0.2, 0.25) is 0 Å². The fourth-order valence-corrected chi connectivity index (χ4v) is 1.76. The van der Waals surface area contributed by atoms with Gasteiger partial charge in [-0.25, -0.2) is 4.98 Å². The first kappa shape index (κ1) is 12.4. The molecule has 2 aromatic rings. The molecule has 3 heteroatoms. The number of nitrogens with zero attached hydrogens (tertiary/aromatic N) is 1. The van der Waals surface area contributed by atoms with Crippen LogP contribution in [0.3, 0.4) is 0 Å². The fourth-order valence-electron chi connectivity index (χ4n) is 1.76. The molecule has 0 aliphatic carbocycles. The van der Waals surface area contributed by atoms with Gasteiger partial charge in [-0.15, -0.1) is 0 Å². The molecule has 1 aromatic carbocycles. The summed E-state index contributed by atoms with van der Waals surface area (Å²) in [4.78, 5) is 4.24. The Hall–Kier alpha value is -2.03. The normalized spacial score (nSPS) is 10.4. The molecule has 0 saturated heterocycles. The topological polar surface area (TPSA) is 48.1 Å². The summed E-state index contributed by atoms with van der Waals surface area (Å²) in [6, 6.07) is 5.90. The number of aromatic nitrogens is 1. The zero-order valence-electron chi connectivity index (χ0n) is 11.2. The number of aryl methyl sites for hydroxylation is 3. The summed E-state index contributed by atoms with van der Waals surface area (Å²) in [7, 11) is 0. The highest BCUT2D eigenvalue weighted by Crippen LogP contribution is 2.30. The third-order valence-electron chi connectivity index (χ3n) is 3.20. The first-order chi connectivity index (χ1) is 8.49. The Bertz CT molecular complexity index is 591. The van der Waals surface area contributed by atoms with Crippen molar-refractivity contribution in [2.45, 2.75) is 27.7 Å². The van der Waals surface area contributed by atoms with Crippen molar-refractivity contribution in [2.75, 3.05) is 5.73 Å². The van der Waals surface area contributed by atoms with Crippen molar-refractivity contribution in [3.8, 4) is 11.6 Å². The van der Waals surface area contributed by atoms with Gasteiger partial charge in [0, 0.05) is 18.0 Å². The van der Waals surface area contributed by atoms with E-state index in [1.54, 1.807) is 12.3 Å². The van der Waals surface area contributed by atoms with Gasteiger partial charge in [-0.05, 0) is 49.9 Å². The summed E-state index contributed by atoms with van der Waals surface area (Å²) in [5.74, 6) is 1.40. The van der Waals surface area contributed by atoms with Gasteiger partial charge in [0.2, 0.25) is 5.88 Å². The number of nitrogens with two attached hydrogens (primary N) is 1. The third kappa shape index (κ3) is 2.30. The van der Waals surface area contributed by atoms with Crippen molar-refractivity contribution in [2.24, 2.45) is 0 Å². The van der Waals surface area contributed by atoms with Gasteiger partial charge < -0.3 is 10.5 Å². The number of pyridine rings is 1. The monoisotopic (exact) mass is 242 g/mol. The average molecular weight is 242 g/mol. The van der Waals surface area contributed by atoms with E-state index in [4.69, 9.17) is 10.5 Å². The van der Waals surface area contributed by atoms with Gasteiger partial charge in [-0.3, -0.25) is 0 Å². The molecule has 0 fully saturated rings. The molecule has 1 aromatic heterocycles. The molecule has 3 nitrogen and oxygen atoms in total. The van der Waals surface area contributed by atoms with Gasteiger partial charge in [0.15, 0.2) is 0 Å². The van der Waals surface area contributed by atoms with E-state index in [0.29, 0.717) is 11.6 Å². The van der Waals surface area contributed by atoms with Crippen molar-refractivity contribution >= 4 is 5.69 Å². The largest absolute Gasteiger partial charge is 0.438 e. The van der Waals surface area contributed by atoms with E-state index < -0.39 is 0 Å². The lowest BCUT2D eigenvalue weighted by atomic mass is 10.1. The Balaban J connectivity index is 2.39. The Morgan fingerprint density at radius 2 is 1.67 bits per heavy atom. The molecule has 0 aliphatic rings. The molecule has 0 aliphatic heterocycles. The minimum Gasteiger partial charge on any atom is -0.438 e. The van der Waals surface area contributed by atoms with E-state index in [1.165, 1.54) is 5.56 Å². The van der Waals surface area contributed by atoms with Gasteiger partial charge in [0.1, 0.15) is 5.75 Å². The highest BCUT2D eigenvalue weighted by Gasteiger charge is 2.09. The predicted octanol–water partition coefficient (Wildman–Crippen LogP) is 3.69. The van der Waals surface area contributed by atoms with Crippen LogP contribution in [0.4, 0.5) is 5.69 Å². The first-order valence-electron chi connectivity index (χ1n) is 5.96. The van der Waals surface area contributed by atoms with Crippen molar-refractivity contribution in [3.05, 3.63) is 46.6 Å². The van der Waals surface area contributed by atoms with E-state index in [0.717, 1.165) is 22.4 Å². The molecule has 0 amide bonds. The lowest BCUT2D eigenvalue weighted by Crippen LogP contribution is -1.97. The van der Waals surface area contributed by atoms with Crippen LogP contribution in [0.1, 0.15) is 22.3 Å². The van der Waals surface area contributed by atoms with Crippen molar-refractivity contribution in [1.29, 1.82) is 0 Å². The lowest BCUT2D eigenvalue weighted by Gasteiger charge is -2.13. The second-order valence-electron chi connectivity index (χ2n) is 4.63. The fraction of sp³-hybridized carbons (Fsp3) is 0.267. The molecule has 94 valence electrons. The molecular weight excluding hydrogens is 224 g/mol. The molecular formula is C15H18N2O. The Morgan fingerprint density at radius 1 is 1.00 bits per heavy atom. The van der Waals surface area contributed by atoms with Gasteiger partial charge in [-0.2, -0.15) is 0 Å². The number of anilines is 1. The van der Waals surface area contributed by atoms with E-state index in [1.807, 2.05) is 13.8 Å². The summed E-state index contributed by atoms with van der Waals surface area (Å²) >= 11 is 0. The quantitative estimate of drug-likeness (QED) is 0.873. The molecule has 1 heterocycles. The van der Waals surface area contributed by atoms with E-state index in [-0.39, 0.29) is 0 Å². The summed E-state index contributed by atoms with van der Waals surface area (Å²) in [5.41, 5.74) is 11.0. The Morgan fingerprint density at radius 3 is 2.33 bits per heavy atom. The molecule has 2 N–H and O–H groups in total. The molecule has 2 rings (SSSR count). The number of nitrogen functional groups attached to an aromatic ring is 1. The minimum atomic E-state index is 0.537. The SMILES string of the molecule is Cc1cnc(Oc2c(C)ccc(C)c2C)cc1N. The number of ether oxygens (including phenoxy) is 1. The molecule has 18 heavy (non-hydrogen) atoms. The second kappa shape index (κ2) is 4.69. The number of hydrogen-bond donors (Lipinski definition) is 1. The number of benzene rings is 1. The maximum atomic E-state index is 5.87. The summed E-state index contributed by atoms with van der Waals surface area (Å²) in [5, 5.41) is 0. The molecule has 0 bridgehead atoms. The van der Waals surface area contributed by atoms with Crippen molar-refractivity contribution in [3.63, 3.8) is 0 Å². The summed E-state index contributed by atoms with van der Waals surface area (Å²) in [6.07, 6.45) is 1.73. The van der Waals surface area contributed by atoms with Crippen molar-refractivity contribution < 1.29 is 4.74 Å². The highest BCUT2D eigenvalue weighted by atomic mass is 16.5. The van der Waals surface area contributed by atoms with Crippen LogP contribution in [0, 0.1) is 27.7 Å².